The third-order valence-electron chi connectivity index (χ3n) is 5.82. The van der Waals surface area contributed by atoms with Gasteiger partial charge < -0.3 is 15.9 Å². The van der Waals surface area contributed by atoms with Gasteiger partial charge >= 0.3 is 5.69 Å². The molecule has 2 aromatic carbocycles. The van der Waals surface area contributed by atoms with Crippen LogP contribution >= 0.6 is 23.2 Å². The Morgan fingerprint density at radius 2 is 1.84 bits per heavy atom. The largest absolute Gasteiger partial charge is 0.451 e. The molecule has 1 aliphatic heterocycles. The lowest BCUT2D eigenvalue weighted by molar-refractivity contribution is -0.123. The molecule has 0 saturated heterocycles. The number of ether oxygens (including phenoxy) is 1. The molecule has 1 saturated carbocycles. The number of anilines is 1. The number of hydrogen-bond acceptors (Lipinski definition) is 6. The monoisotopic (exact) mass is 477 g/mol. The van der Waals surface area contributed by atoms with Crippen LogP contribution in [0.15, 0.2) is 40.1 Å². The number of nitrogen functional groups attached to an aromatic ring is 1. The van der Waals surface area contributed by atoms with Crippen LogP contribution in [-0.2, 0) is 10.2 Å². The minimum Gasteiger partial charge on any atom is -0.451 e. The summed E-state index contributed by atoms with van der Waals surface area (Å²) >= 11 is 12.6. The van der Waals surface area contributed by atoms with E-state index in [0.29, 0.717) is 23.2 Å². The summed E-state index contributed by atoms with van der Waals surface area (Å²) in [5.74, 6) is 4.34. The van der Waals surface area contributed by atoms with Gasteiger partial charge in [0.05, 0.1) is 21.1 Å². The average Bonchev–Trinajstić information content (AvgIpc) is 3.03. The van der Waals surface area contributed by atoms with Crippen LogP contribution < -0.4 is 27.1 Å². The number of nitrogens with two attached hydrogens (primary N) is 1. The van der Waals surface area contributed by atoms with E-state index in [1.54, 1.807) is 6.07 Å². The highest BCUT2D eigenvalue weighted by molar-refractivity contribution is 6.37. The molecule has 3 N–H and O–H groups in total. The van der Waals surface area contributed by atoms with E-state index in [4.69, 9.17) is 33.8 Å². The van der Waals surface area contributed by atoms with Gasteiger partial charge in [-0.3, -0.25) is 9.59 Å². The Morgan fingerprint density at radius 3 is 2.47 bits per heavy atom. The van der Waals surface area contributed by atoms with Crippen molar-refractivity contribution in [2.24, 2.45) is 0 Å². The Kier molecular flexibility index (Phi) is 4.54. The van der Waals surface area contributed by atoms with Crippen molar-refractivity contribution in [3.8, 4) is 17.2 Å². The summed E-state index contributed by atoms with van der Waals surface area (Å²) in [4.78, 5) is 36.0. The smallest absolute Gasteiger partial charge is 0.370 e. The van der Waals surface area contributed by atoms with E-state index in [9.17, 15) is 14.4 Å². The van der Waals surface area contributed by atoms with Crippen LogP contribution in [0.5, 0.6) is 11.5 Å². The molecule has 2 aliphatic rings. The molecule has 0 bridgehead atoms. The normalized spacial score (nSPS) is 15.9. The number of nitrogens with zero attached hydrogens (tertiary/aromatic N) is 3. The van der Waals surface area contributed by atoms with Crippen molar-refractivity contribution in [3.63, 3.8) is 0 Å². The fraction of sp³-hybridized carbons (Fsp3) is 0.200. The van der Waals surface area contributed by atoms with Crippen molar-refractivity contribution in [3.05, 3.63) is 72.7 Å². The van der Waals surface area contributed by atoms with Gasteiger partial charge in [0.1, 0.15) is 6.20 Å². The first kappa shape index (κ1) is 20.5. The summed E-state index contributed by atoms with van der Waals surface area (Å²) in [6, 6.07) is 5.57. The van der Waals surface area contributed by atoms with Gasteiger partial charge in [0.2, 0.25) is 5.91 Å². The van der Waals surface area contributed by atoms with Crippen molar-refractivity contribution < 1.29 is 13.9 Å². The lowest BCUT2D eigenvalue weighted by atomic mass is 9.65. The van der Waals surface area contributed by atoms with E-state index in [-0.39, 0.29) is 38.7 Å². The maximum absolute atomic E-state index is 15.4. The predicted octanol–water partition coefficient (Wildman–Crippen LogP) is 2.72. The quantitative estimate of drug-likeness (QED) is 0.559. The lowest BCUT2D eigenvalue weighted by Gasteiger charge is -2.36. The maximum Gasteiger partial charge on any atom is 0.370 e. The molecule has 1 spiro atoms. The van der Waals surface area contributed by atoms with E-state index in [0.717, 1.165) is 17.3 Å². The molecule has 12 heteroatoms. The van der Waals surface area contributed by atoms with Gasteiger partial charge in [-0.25, -0.2) is 9.18 Å². The fourth-order valence-electron chi connectivity index (χ4n) is 4.04. The molecule has 1 amide bonds. The molecule has 0 radical (unpaired) electrons. The molecule has 32 heavy (non-hydrogen) atoms. The second-order valence-electron chi connectivity index (χ2n) is 7.58. The number of halogens is 3. The molecule has 3 aromatic rings. The van der Waals surface area contributed by atoms with E-state index in [1.807, 2.05) is 0 Å². The number of benzene rings is 2. The number of fused-ring (bicyclic) bond motifs is 2. The second kappa shape index (κ2) is 7.07. The summed E-state index contributed by atoms with van der Waals surface area (Å²) in [6.07, 6.45) is 2.82. The van der Waals surface area contributed by atoms with Crippen molar-refractivity contribution in [2.75, 3.05) is 11.2 Å². The number of hydrogen-bond donors (Lipinski definition) is 2. The minimum atomic E-state index is -0.911. The second-order valence-corrected chi connectivity index (χ2v) is 8.39. The highest BCUT2D eigenvalue weighted by Crippen LogP contribution is 2.53. The van der Waals surface area contributed by atoms with Gasteiger partial charge in [-0.1, -0.05) is 29.6 Å². The van der Waals surface area contributed by atoms with Crippen LogP contribution in [0.4, 0.5) is 10.1 Å². The summed E-state index contributed by atoms with van der Waals surface area (Å²) in [7, 11) is 0. The first-order valence-electron chi connectivity index (χ1n) is 9.51. The Morgan fingerprint density at radius 1 is 1.16 bits per heavy atom. The zero-order valence-corrected chi connectivity index (χ0v) is 17.7. The highest BCUT2D eigenvalue weighted by Gasteiger charge is 2.53. The number of nitrogens with one attached hydrogen (secondary N) is 1. The molecular weight excluding hydrogens is 464 g/mol. The molecule has 9 nitrogen and oxygen atoms in total. The summed E-state index contributed by atoms with van der Waals surface area (Å²) in [5, 5.41) is 6.38. The van der Waals surface area contributed by atoms with Gasteiger partial charge in [0.15, 0.2) is 17.3 Å². The molecule has 0 unspecified atom stereocenters. The lowest BCUT2D eigenvalue weighted by Crippen LogP contribution is -2.44. The van der Waals surface area contributed by atoms with Crippen LogP contribution in [0.2, 0.25) is 10.0 Å². The molecule has 5 rings (SSSR count). The van der Waals surface area contributed by atoms with E-state index in [1.165, 1.54) is 18.2 Å². The summed E-state index contributed by atoms with van der Waals surface area (Å²) < 4.78 is 22.3. The third-order valence-corrected chi connectivity index (χ3v) is 6.38. The molecule has 2 heterocycles. The zero-order valence-electron chi connectivity index (χ0n) is 16.2. The molecule has 1 fully saturated rings. The van der Waals surface area contributed by atoms with Gasteiger partial charge in [0.25, 0.3) is 5.56 Å². The van der Waals surface area contributed by atoms with Crippen molar-refractivity contribution >= 4 is 34.8 Å². The number of carbonyl (C=O) groups excluding carboxylic acids is 1. The number of amides is 1. The minimum absolute atomic E-state index is 0.0385. The Hall–Kier alpha value is -3.37. The standard InChI is InChI=1S/C20H14Cl2FN5O4/c21-10-6-9(28-19(31)27(24)14(29)8-25-28)7-11(22)17(10)32-13-3-2-12-15(16(13)23)20(4-1-5-20)18(30)26-12/h2-3,6-8H,1,4-5,24H2,(H,26,30). The maximum atomic E-state index is 15.4. The predicted molar refractivity (Wildman–Crippen MR) is 115 cm³/mol. The Balaban J connectivity index is 1.55. The topological polar surface area (TPSA) is 121 Å². The van der Waals surface area contributed by atoms with Gasteiger partial charge in [-0.05, 0) is 37.1 Å². The first-order valence-corrected chi connectivity index (χ1v) is 10.3. The van der Waals surface area contributed by atoms with Gasteiger partial charge in [-0.15, -0.1) is 0 Å². The summed E-state index contributed by atoms with van der Waals surface area (Å²) in [6.45, 7) is 0. The van der Waals surface area contributed by atoms with Crippen molar-refractivity contribution in [2.45, 2.75) is 24.7 Å². The molecule has 0 atom stereocenters. The van der Waals surface area contributed by atoms with Crippen LogP contribution in [0.3, 0.4) is 0 Å². The molecule has 1 aliphatic carbocycles. The number of carbonyl (C=O) groups is 1. The summed E-state index contributed by atoms with van der Waals surface area (Å²) in [5.41, 5.74) is -1.73. The van der Waals surface area contributed by atoms with E-state index >= 15 is 4.39 Å². The SMILES string of the molecule is Nn1c(=O)cnn(-c2cc(Cl)c(Oc3ccc4c(c3F)C3(CCC3)C(=O)N4)c(Cl)c2)c1=O. The zero-order chi connectivity index (χ0) is 22.8. The highest BCUT2D eigenvalue weighted by atomic mass is 35.5. The average molecular weight is 478 g/mol. The van der Waals surface area contributed by atoms with Crippen LogP contribution in [0.1, 0.15) is 24.8 Å². The van der Waals surface area contributed by atoms with Crippen LogP contribution in [0.25, 0.3) is 5.69 Å². The van der Waals surface area contributed by atoms with Crippen LogP contribution in [0, 0.1) is 5.82 Å². The van der Waals surface area contributed by atoms with Gasteiger partial charge in [-0.2, -0.15) is 14.5 Å². The Bertz CT molecular complexity index is 1410. The molecular formula is C20H14Cl2FN5O4. The fourth-order valence-corrected chi connectivity index (χ4v) is 4.59. The number of aromatic nitrogens is 3. The Labute approximate surface area is 189 Å². The number of rotatable bonds is 3. The van der Waals surface area contributed by atoms with E-state index < -0.39 is 22.5 Å². The molecule has 1 aromatic heterocycles. The van der Waals surface area contributed by atoms with Crippen LogP contribution in [-0.4, -0.2) is 20.4 Å². The van der Waals surface area contributed by atoms with Crippen molar-refractivity contribution in [1.29, 1.82) is 0 Å². The third kappa shape index (κ3) is 2.83. The first-order chi connectivity index (χ1) is 15.2. The van der Waals surface area contributed by atoms with Crippen molar-refractivity contribution in [1.82, 2.24) is 14.5 Å². The van der Waals surface area contributed by atoms with E-state index in [2.05, 4.69) is 10.4 Å². The molecule has 164 valence electrons. The van der Waals surface area contributed by atoms with Gasteiger partial charge in [0, 0.05) is 11.3 Å².